The van der Waals surface area contributed by atoms with Gasteiger partial charge in [0.1, 0.15) is 5.75 Å². The number of likely N-dealkylation sites (tertiary alicyclic amines) is 1. The number of aromatic hydroxyl groups is 1. The highest BCUT2D eigenvalue weighted by Crippen LogP contribution is 2.46. The summed E-state index contributed by atoms with van der Waals surface area (Å²) in [5.41, 5.74) is 2.59. The van der Waals surface area contributed by atoms with Crippen LogP contribution in [0, 0.1) is 5.92 Å². The number of rotatable bonds is 0. The summed E-state index contributed by atoms with van der Waals surface area (Å²) in [6.45, 7) is 2.29. The normalized spacial score (nSPS) is 28.3. The zero-order chi connectivity index (χ0) is 9.71. The molecule has 3 rings (SSSR count). The molecule has 2 unspecified atom stereocenters. The second-order valence-electron chi connectivity index (χ2n) is 4.64. The van der Waals surface area contributed by atoms with Crippen LogP contribution in [-0.2, 0) is 6.42 Å². The first-order valence-electron chi connectivity index (χ1n) is 5.25. The number of benzene rings is 1. The zero-order valence-corrected chi connectivity index (χ0v) is 10.5. The quantitative estimate of drug-likeness (QED) is 0.781. The van der Waals surface area contributed by atoms with Crippen LogP contribution in [0.3, 0.4) is 0 Å². The Kier molecular flexibility index (Phi) is 2.77. The third kappa shape index (κ3) is 1.58. The predicted molar refractivity (Wildman–Crippen MR) is 65.9 cm³/mol. The van der Waals surface area contributed by atoms with E-state index in [1.54, 1.807) is 0 Å². The fourth-order valence-electron chi connectivity index (χ4n) is 3.11. The molecular weight excluding hydrogens is 254 g/mol. The molecule has 1 aromatic rings. The average molecular weight is 270 g/mol. The Bertz CT molecular complexity index is 380. The van der Waals surface area contributed by atoms with E-state index in [0.29, 0.717) is 11.7 Å². The molecule has 3 heteroatoms. The van der Waals surface area contributed by atoms with Crippen LogP contribution in [0.1, 0.15) is 17.0 Å². The first kappa shape index (κ1) is 11.0. The van der Waals surface area contributed by atoms with Crippen LogP contribution in [-0.4, -0.2) is 30.1 Å². The smallest absolute Gasteiger partial charge is 0.119 e. The number of hydrogen-bond acceptors (Lipinski definition) is 2. The van der Waals surface area contributed by atoms with Crippen molar-refractivity contribution in [3.05, 3.63) is 29.3 Å². The molecule has 1 aliphatic carbocycles. The lowest BCUT2D eigenvalue weighted by atomic mass is 9.96. The van der Waals surface area contributed by atoms with Gasteiger partial charge in [-0.2, -0.15) is 0 Å². The molecule has 1 heterocycles. The molecule has 2 nitrogen and oxygen atoms in total. The lowest BCUT2D eigenvalue weighted by Crippen LogP contribution is -2.15. The van der Waals surface area contributed by atoms with E-state index in [1.165, 1.54) is 17.7 Å². The first-order valence-corrected chi connectivity index (χ1v) is 5.25. The topological polar surface area (TPSA) is 23.5 Å². The number of phenolic OH excluding ortho intramolecular Hbond substituents is 1. The lowest BCUT2D eigenvalue weighted by molar-refractivity contribution is 0.392. The van der Waals surface area contributed by atoms with Crippen LogP contribution in [0.4, 0.5) is 0 Å². The van der Waals surface area contributed by atoms with Crippen LogP contribution >= 0.6 is 17.0 Å². The van der Waals surface area contributed by atoms with Crippen LogP contribution in [0.5, 0.6) is 5.75 Å². The molecule has 0 spiro atoms. The van der Waals surface area contributed by atoms with Crippen LogP contribution < -0.4 is 0 Å². The van der Waals surface area contributed by atoms with Crippen molar-refractivity contribution in [1.82, 2.24) is 4.90 Å². The minimum Gasteiger partial charge on any atom is -0.508 e. The average Bonchev–Trinajstić information content (AvgIpc) is 2.60. The van der Waals surface area contributed by atoms with Gasteiger partial charge in [0.25, 0.3) is 0 Å². The summed E-state index contributed by atoms with van der Waals surface area (Å²) in [5.74, 6) is 1.82. The number of nitrogens with zero attached hydrogens (tertiary/aromatic N) is 1. The van der Waals surface area contributed by atoms with E-state index >= 15 is 0 Å². The summed E-state index contributed by atoms with van der Waals surface area (Å²) in [7, 11) is 2.16. The third-order valence-electron chi connectivity index (χ3n) is 3.65. The number of hydrogen-bond donors (Lipinski definition) is 1. The summed E-state index contributed by atoms with van der Waals surface area (Å²) in [6.07, 6.45) is 1.15. The molecule has 0 aromatic heterocycles. The van der Waals surface area contributed by atoms with Gasteiger partial charge in [-0.3, -0.25) is 0 Å². The van der Waals surface area contributed by atoms with Crippen LogP contribution in [0.25, 0.3) is 0 Å². The van der Waals surface area contributed by atoms with Gasteiger partial charge in [-0.1, -0.05) is 12.1 Å². The van der Waals surface area contributed by atoms with Gasteiger partial charge in [0.15, 0.2) is 0 Å². The maximum absolute atomic E-state index is 9.85. The minimum atomic E-state index is 0. The Balaban J connectivity index is 0.000000853. The van der Waals surface area contributed by atoms with Crippen molar-refractivity contribution in [2.45, 2.75) is 12.3 Å². The molecule has 82 valence electrons. The van der Waals surface area contributed by atoms with Crippen LogP contribution in [0.15, 0.2) is 18.2 Å². The largest absolute Gasteiger partial charge is 0.508 e. The molecule has 0 saturated carbocycles. The van der Waals surface area contributed by atoms with Gasteiger partial charge in [-0.05, 0) is 31.0 Å². The van der Waals surface area contributed by atoms with Gasteiger partial charge in [-0.15, -0.1) is 17.0 Å². The molecule has 1 aliphatic heterocycles. The van der Waals surface area contributed by atoms with Crippen molar-refractivity contribution in [3.8, 4) is 5.75 Å². The number of likely N-dealkylation sites (N-methyl/N-ethyl adjacent to an activating group) is 1. The highest BCUT2D eigenvalue weighted by atomic mass is 79.9. The molecule has 0 radical (unpaired) electrons. The molecule has 2 atom stereocenters. The van der Waals surface area contributed by atoms with Crippen molar-refractivity contribution in [1.29, 1.82) is 0 Å². The molecule has 1 aromatic carbocycles. The van der Waals surface area contributed by atoms with E-state index < -0.39 is 0 Å². The Morgan fingerprint density at radius 2 is 2.13 bits per heavy atom. The Hall–Kier alpha value is -0.540. The standard InChI is InChI=1S/C12H15NO.BrH/c1-13-6-9-5-8-3-2-4-11(14)12(8)10(9)7-13;/h2-4,9-10,14H,5-7H2,1H3;1H. The summed E-state index contributed by atoms with van der Waals surface area (Å²) >= 11 is 0. The van der Waals surface area contributed by atoms with Crippen molar-refractivity contribution < 1.29 is 5.11 Å². The first-order chi connectivity index (χ1) is 6.75. The van der Waals surface area contributed by atoms with E-state index in [-0.39, 0.29) is 17.0 Å². The monoisotopic (exact) mass is 269 g/mol. The van der Waals surface area contributed by atoms with Gasteiger partial charge in [0.05, 0.1) is 0 Å². The molecule has 2 aliphatic rings. The van der Waals surface area contributed by atoms with E-state index in [0.717, 1.165) is 18.9 Å². The maximum Gasteiger partial charge on any atom is 0.119 e. The summed E-state index contributed by atoms with van der Waals surface area (Å²) in [4.78, 5) is 2.37. The van der Waals surface area contributed by atoms with Crippen molar-refractivity contribution in [2.75, 3.05) is 20.1 Å². The van der Waals surface area contributed by atoms with Crippen molar-refractivity contribution in [2.24, 2.45) is 5.92 Å². The molecule has 0 amide bonds. The van der Waals surface area contributed by atoms with Crippen LogP contribution in [0.2, 0.25) is 0 Å². The highest BCUT2D eigenvalue weighted by molar-refractivity contribution is 8.93. The Morgan fingerprint density at radius 3 is 2.93 bits per heavy atom. The van der Waals surface area contributed by atoms with Gasteiger partial charge in [0, 0.05) is 24.6 Å². The SMILES string of the molecule is Br.CN1CC2Cc3cccc(O)c3C2C1. The number of phenols is 1. The molecular formula is C12H16BrNO. The van der Waals surface area contributed by atoms with Gasteiger partial charge in [0.2, 0.25) is 0 Å². The Morgan fingerprint density at radius 1 is 1.33 bits per heavy atom. The molecule has 0 bridgehead atoms. The van der Waals surface area contributed by atoms with Crippen molar-refractivity contribution in [3.63, 3.8) is 0 Å². The fraction of sp³-hybridized carbons (Fsp3) is 0.500. The summed E-state index contributed by atoms with van der Waals surface area (Å²) < 4.78 is 0. The number of halogens is 1. The van der Waals surface area contributed by atoms with Gasteiger partial charge in [-0.25, -0.2) is 0 Å². The zero-order valence-electron chi connectivity index (χ0n) is 8.81. The second-order valence-corrected chi connectivity index (χ2v) is 4.64. The maximum atomic E-state index is 9.85. The van der Waals surface area contributed by atoms with E-state index in [1.807, 2.05) is 12.1 Å². The molecule has 1 fully saturated rings. The fourth-order valence-corrected chi connectivity index (χ4v) is 3.11. The number of fused-ring (bicyclic) bond motifs is 3. The second kappa shape index (κ2) is 3.80. The summed E-state index contributed by atoms with van der Waals surface area (Å²) in [5, 5.41) is 9.85. The molecule has 1 N–H and O–H groups in total. The highest BCUT2D eigenvalue weighted by Gasteiger charge is 2.39. The Labute approximate surface area is 101 Å². The van der Waals surface area contributed by atoms with E-state index in [2.05, 4.69) is 18.0 Å². The lowest BCUT2D eigenvalue weighted by Gasteiger charge is -2.11. The third-order valence-corrected chi connectivity index (χ3v) is 3.65. The van der Waals surface area contributed by atoms with E-state index in [4.69, 9.17) is 0 Å². The van der Waals surface area contributed by atoms with E-state index in [9.17, 15) is 5.11 Å². The predicted octanol–water partition coefficient (Wildman–Crippen LogP) is 2.17. The molecule has 15 heavy (non-hydrogen) atoms. The van der Waals surface area contributed by atoms with Gasteiger partial charge < -0.3 is 10.0 Å². The van der Waals surface area contributed by atoms with Gasteiger partial charge >= 0.3 is 0 Å². The summed E-state index contributed by atoms with van der Waals surface area (Å²) in [6, 6.07) is 5.94. The molecule has 1 saturated heterocycles. The minimum absolute atomic E-state index is 0. The van der Waals surface area contributed by atoms with Crippen molar-refractivity contribution >= 4 is 17.0 Å².